The molecule has 2 heterocycles. The zero-order valence-electron chi connectivity index (χ0n) is 15.8. The van der Waals surface area contributed by atoms with Gasteiger partial charge in [-0.25, -0.2) is 4.39 Å². The van der Waals surface area contributed by atoms with Gasteiger partial charge >= 0.3 is 0 Å². The molecule has 8 heteroatoms. The average Bonchev–Trinajstić information content (AvgIpc) is 3.42. The number of carbonyl (C=O) groups excluding carboxylic acids is 1. The van der Waals surface area contributed by atoms with Gasteiger partial charge < -0.3 is 9.88 Å². The maximum Gasteiger partial charge on any atom is 0.261 e. The molecule has 1 aromatic carbocycles. The van der Waals surface area contributed by atoms with E-state index in [0.29, 0.717) is 17.5 Å². The SMILES string of the molecule is CSc1nnc(CCCNC(=O)c2cc3cc(F)ccc3s2)n1C1CCCC1. The lowest BCUT2D eigenvalue weighted by atomic mass is 10.2. The molecule has 3 aromatic rings. The molecule has 148 valence electrons. The Balaban J connectivity index is 1.34. The Kier molecular flexibility index (Phi) is 5.96. The number of benzene rings is 1. The van der Waals surface area contributed by atoms with Crippen molar-refractivity contribution >= 4 is 39.1 Å². The first-order chi connectivity index (χ1) is 13.7. The molecular formula is C20H23FN4OS2. The number of thioether (sulfide) groups is 1. The molecule has 1 saturated carbocycles. The number of carbonyl (C=O) groups is 1. The lowest BCUT2D eigenvalue weighted by molar-refractivity contribution is 0.0957. The second-order valence-corrected chi connectivity index (χ2v) is 8.92. The fourth-order valence-electron chi connectivity index (χ4n) is 3.81. The van der Waals surface area contributed by atoms with Crippen LogP contribution >= 0.6 is 23.1 Å². The summed E-state index contributed by atoms with van der Waals surface area (Å²) in [6, 6.07) is 6.86. The van der Waals surface area contributed by atoms with Crippen LogP contribution in [0.25, 0.3) is 10.1 Å². The van der Waals surface area contributed by atoms with Gasteiger partial charge in [-0.05, 0) is 55.2 Å². The fraction of sp³-hybridized carbons (Fsp3) is 0.450. The molecule has 0 saturated heterocycles. The van der Waals surface area contributed by atoms with Crippen LogP contribution < -0.4 is 5.32 Å². The molecule has 1 fully saturated rings. The van der Waals surface area contributed by atoms with Crippen molar-refractivity contribution in [3.63, 3.8) is 0 Å². The number of nitrogens with one attached hydrogen (secondary N) is 1. The molecule has 1 aliphatic carbocycles. The minimum atomic E-state index is -0.284. The van der Waals surface area contributed by atoms with Crippen LogP contribution in [0.2, 0.25) is 0 Å². The number of aryl methyl sites for hydroxylation is 1. The van der Waals surface area contributed by atoms with Crippen LogP contribution in [0.4, 0.5) is 4.39 Å². The highest BCUT2D eigenvalue weighted by Gasteiger charge is 2.23. The summed E-state index contributed by atoms with van der Waals surface area (Å²) in [7, 11) is 0. The number of aromatic nitrogens is 3. The predicted octanol–water partition coefficient (Wildman–Crippen LogP) is 4.83. The van der Waals surface area contributed by atoms with E-state index in [0.717, 1.165) is 33.9 Å². The van der Waals surface area contributed by atoms with Crippen LogP contribution in [0.5, 0.6) is 0 Å². The predicted molar refractivity (Wildman–Crippen MR) is 112 cm³/mol. The van der Waals surface area contributed by atoms with E-state index >= 15 is 0 Å². The molecule has 1 N–H and O–H groups in total. The summed E-state index contributed by atoms with van der Waals surface area (Å²) >= 11 is 3.03. The van der Waals surface area contributed by atoms with E-state index in [4.69, 9.17) is 0 Å². The Labute approximate surface area is 171 Å². The van der Waals surface area contributed by atoms with E-state index in [9.17, 15) is 9.18 Å². The van der Waals surface area contributed by atoms with Crippen LogP contribution in [0.1, 0.15) is 53.6 Å². The van der Waals surface area contributed by atoms with Gasteiger partial charge in [-0.2, -0.15) is 0 Å². The van der Waals surface area contributed by atoms with Crippen molar-refractivity contribution in [3.05, 3.63) is 40.8 Å². The van der Waals surface area contributed by atoms with Gasteiger partial charge in [0, 0.05) is 23.7 Å². The molecule has 0 unspecified atom stereocenters. The summed E-state index contributed by atoms with van der Waals surface area (Å²) in [5.74, 6) is 0.625. The minimum absolute atomic E-state index is 0.108. The van der Waals surface area contributed by atoms with Gasteiger partial charge in [0.2, 0.25) is 0 Å². The highest BCUT2D eigenvalue weighted by molar-refractivity contribution is 7.98. The molecule has 0 radical (unpaired) electrons. The summed E-state index contributed by atoms with van der Waals surface area (Å²) in [6.07, 6.45) is 8.57. The molecule has 5 nitrogen and oxygen atoms in total. The number of amides is 1. The maximum atomic E-state index is 13.3. The lowest BCUT2D eigenvalue weighted by Gasteiger charge is -2.16. The third kappa shape index (κ3) is 4.07. The highest BCUT2D eigenvalue weighted by atomic mass is 32.2. The molecule has 1 aliphatic rings. The number of thiophene rings is 1. The molecule has 4 rings (SSSR count). The zero-order chi connectivity index (χ0) is 19.5. The van der Waals surface area contributed by atoms with Gasteiger partial charge in [0.05, 0.1) is 4.88 Å². The van der Waals surface area contributed by atoms with Crippen LogP contribution in [-0.2, 0) is 6.42 Å². The zero-order valence-corrected chi connectivity index (χ0v) is 17.4. The van der Waals surface area contributed by atoms with Gasteiger partial charge in [-0.3, -0.25) is 4.79 Å². The first-order valence-corrected chi connectivity index (χ1v) is 11.6. The van der Waals surface area contributed by atoms with Crippen molar-refractivity contribution in [3.8, 4) is 0 Å². The van der Waals surface area contributed by atoms with Crippen molar-refractivity contribution < 1.29 is 9.18 Å². The van der Waals surface area contributed by atoms with Crippen LogP contribution in [0.3, 0.4) is 0 Å². The van der Waals surface area contributed by atoms with Crippen molar-refractivity contribution in [2.24, 2.45) is 0 Å². The molecule has 0 atom stereocenters. The molecule has 0 bridgehead atoms. The molecule has 2 aromatic heterocycles. The summed E-state index contributed by atoms with van der Waals surface area (Å²) < 4.78 is 16.5. The Bertz CT molecular complexity index is 978. The maximum absolute atomic E-state index is 13.3. The van der Waals surface area contributed by atoms with Gasteiger partial charge in [-0.1, -0.05) is 24.6 Å². The largest absolute Gasteiger partial charge is 0.351 e. The summed E-state index contributed by atoms with van der Waals surface area (Å²) in [4.78, 5) is 13.0. The second-order valence-electron chi connectivity index (χ2n) is 7.06. The highest BCUT2D eigenvalue weighted by Crippen LogP contribution is 2.33. The van der Waals surface area contributed by atoms with E-state index in [2.05, 4.69) is 20.1 Å². The lowest BCUT2D eigenvalue weighted by Crippen LogP contribution is -2.24. The van der Waals surface area contributed by atoms with Gasteiger partial charge in [0.15, 0.2) is 5.16 Å². The smallest absolute Gasteiger partial charge is 0.261 e. The average molecular weight is 419 g/mol. The van der Waals surface area contributed by atoms with E-state index < -0.39 is 0 Å². The van der Waals surface area contributed by atoms with Crippen molar-refractivity contribution in [1.82, 2.24) is 20.1 Å². The van der Waals surface area contributed by atoms with Crippen molar-refractivity contribution in [1.29, 1.82) is 0 Å². The third-order valence-electron chi connectivity index (χ3n) is 5.17. The number of halogens is 1. The van der Waals surface area contributed by atoms with Crippen LogP contribution in [0.15, 0.2) is 29.4 Å². The van der Waals surface area contributed by atoms with Gasteiger partial charge in [0.25, 0.3) is 5.91 Å². The second kappa shape index (κ2) is 8.61. The number of nitrogens with zero attached hydrogens (tertiary/aromatic N) is 3. The number of rotatable bonds is 7. The summed E-state index contributed by atoms with van der Waals surface area (Å²) in [5.41, 5.74) is 0. The first-order valence-electron chi connectivity index (χ1n) is 9.61. The molecule has 0 aliphatic heterocycles. The van der Waals surface area contributed by atoms with Gasteiger partial charge in [-0.15, -0.1) is 21.5 Å². The van der Waals surface area contributed by atoms with Crippen LogP contribution in [0, 0.1) is 5.82 Å². The number of fused-ring (bicyclic) bond motifs is 1. The topological polar surface area (TPSA) is 59.8 Å². The Hall–Kier alpha value is -1.93. The van der Waals surface area contributed by atoms with Crippen LogP contribution in [-0.4, -0.2) is 33.5 Å². The standard InChI is InChI=1S/C20H23FN4OS2/c1-27-20-24-23-18(25(20)15-5-2-3-6-15)7-4-10-22-19(26)17-12-13-11-14(21)8-9-16(13)28-17/h8-9,11-12,15H,2-7,10H2,1H3,(H,22,26). The molecule has 0 spiro atoms. The molecular weight excluding hydrogens is 395 g/mol. The van der Waals surface area contributed by atoms with E-state index in [-0.39, 0.29) is 11.7 Å². The normalized spacial score (nSPS) is 14.8. The van der Waals surface area contributed by atoms with E-state index in [1.54, 1.807) is 23.9 Å². The first kappa shape index (κ1) is 19.4. The van der Waals surface area contributed by atoms with Crippen molar-refractivity contribution in [2.45, 2.75) is 49.7 Å². The van der Waals surface area contributed by atoms with Crippen molar-refractivity contribution in [2.75, 3.05) is 12.8 Å². The Morgan fingerprint density at radius 2 is 2.14 bits per heavy atom. The van der Waals surface area contributed by atoms with E-state index in [1.165, 1.54) is 49.2 Å². The molecule has 28 heavy (non-hydrogen) atoms. The quantitative estimate of drug-likeness (QED) is 0.441. The third-order valence-corrected chi connectivity index (χ3v) is 6.93. The summed E-state index contributed by atoms with van der Waals surface area (Å²) in [5, 5.41) is 13.4. The number of hydrogen-bond donors (Lipinski definition) is 1. The number of hydrogen-bond acceptors (Lipinski definition) is 5. The monoisotopic (exact) mass is 418 g/mol. The van der Waals surface area contributed by atoms with Gasteiger partial charge in [0.1, 0.15) is 11.6 Å². The molecule has 1 amide bonds. The Morgan fingerprint density at radius 3 is 2.93 bits per heavy atom. The Morgan fingerprint density at radius 1 is 1.32 bits per heavy atom. The minimum Gasteiger partial charge on any atom is -0.351 e. The van der Waals surface area contributed by atoms with E-state index in [1.807, 2.05) is 6.26 Å². The fourth-order valence-corrected chi connectivity index (χ4v) is 5.34. The summed E-state index contributed by atoms with van der Waals surface area (Å²) in [6.45, 7) is 0.577.